The Hall–Kier alpha value is -3.58. The number of ether oxygens (including phenoxy) is 1. The Labute approximate surface area is 179 Å². The van der Waals surface area contributed by atoms with E-state index in [4.69, 9.17) is 16.3 Å². The molecular weight excluding hydrogens is 402 g/mol. The van der Waals surface area contributed by atoms with Gasteiger partial charge in [-0.15, -0.1) is 0 Å². The van der Waals surface area contributed by atoms with E-state index in [1.54, 1.807) is 47.2 Å². The van der Waals surface area contributed by atoms with Gasteiger partial charge in [-0.1, -0.05) is 35.9 Å². The highest BCUT2D eigenvalue weighted by Crippen LogP contribution is 2.23. The number of amides is 1. The summed E-state index contributed by atoms with van der Waals surface area (Å²) < 4.78 is 9.01. The Morgan fingerprint density at radius 1 is 1.03 bits per heavy atom. The zero-order valence-corrected chi connectivity index (χ0v) is 17.1. The molecule has 8 heteroatoms. The lowest BCUT2D eigenvalue weighted by Crippen LogP contribution is -2.29. The fraction of sp³-hybridized carbons (Fsp3) is 0.136. The average molecular weight is 422 g/mol. The van der Waals surface area contributed by atoms with E-state index in [1.165, 1.54) is 4.68 Å². The third-order valence-corrected chi connectivity index (χ3v) is 4.90. The maximum atomic E-state index is 12.9. The molecular formula is C22H20ClN5O2. The van der Waals surface area contributed by atoms with E-state index in [1.807, 2.05) is 48.7 Å². The lowest BCUT2D eigenvalue weighted by atomic mass is 10.2. The van der Waals surface area contributed by atoms with Crippen LogP contribution in [0.25, 0.3) is 5.69 Å². The summed E-state index contributed by atoms with van der Waals surface area (Å²) in [5.74, 6) is 0.394. The SMILES string of the molecule is CN(Cc1ccc(-n2cccn2)cc1)C(=O)c1ccnn1COc1ccccc1Cl. The number of halogens is 1. The van der Waals surface area contributed by atoms with Gasteiger partial charge in [-0.3, -0.25) is 4.79 Å². The predicted molar refractivity (Wildman–Crippen MR) is 114 cm³/mol. The van der Waals surface area contributed by atoms with Gasteiger partial charge in [-0.05, 0) is 42.0 Å². The second-order valence-corrected chi connectivity index (χ2v) is 7.11. The van der Waals surface area contributed by atoms with Crippen LogP contribution in [0.5, 0.6) is 5.75 Å². The van der Waals surface area contributed by atoms with Crippen LogP contribution in [0.1, 0.15) is 16.1 Å². The van der Waals surface area contributed by atoms with Gasteiger partial charge in [0.15, 0.2) is 6.73 Å². The highest BCUT2D eigenvalue weighted by molar-refractivity contribution is 6.32. The number of benzene rings is 2. The third-order valence-electron chi connectivity index (χ3n) is 4.59. The number of para-hydroxylation sites is 1. The van der Waals surface area contributed by atoms with Crippen molar-refractivity contribution in [1.82, 2.24) is 24.5 Å². The summed E-state index contributed by atoms with van der Waals surface area (Å²) in [5.41, 5.74) is 2.42. The van der Waals surface area contributed by atoms with Gasteiger partial charge in [0.25, 0.3) is 5.91 Å². The van der Waals surface area contributed by atoms with Crippen LogP contribution in [-0.2, 0) is 13.3 Å². The highest BCUT2D eigenvalue weighted by atomic mass is 35.5. The van der Waals surface area contributed by atoms with Gasteiger partial charge >= 0.3 is 0 Å². The van der Waals surface area contributed by atoms with E-state index < -0.39 is 0 Å². The molecule has 0 bridgehead atoms. The first-order valence-corrected chi connectivity index (χ1v) is 9.73. The van der Waals surface area contributed by atoms with Crippen molar-refractivity contribution in [1.29, 1.82) is 0 Å². The Kier molecular flexibility index (Phi) is 5.81. The molecule has 0 fully saturated rings. The maximum absolute atomic E-state index is 12.9. The predicted octanol–water partition coefficient (Wildman–Crippen LogP) is 4.03. The number of carbonyl (C=O) groups excluding carboxylic acids is 1. The van der Waals surface area contributed by atoms with E-state index >= 15 is 0 Å². The minimum Gasteiger partial charge on any atom is -0.470 e. The largest absolute Gasteiger partial charge is 0.470 e. The third kappa shape index (κ3) is 4.36. The van der Waals surface area contributed by atoms with E-state index in [0.717, 1.165) is 11.3 Å². The number of rotatable bonds is 7. The molecule has 4 aromatic rings. The second-order valence-electron chi connectivity index (χ2n) is 6.70. The lowest BCUT2D eigenvalue weighted by Gasteiger charge is -2.18. The molecule has 0 saturated carbocycles. The van der Waals surface area contributed by atoms with Gasteiger partial charge < -0.3 is 9.64 Å². The van der Waals surface area contributed by atoms with Crippen molar-refractivity contribution >= 4 is 17.5 Å². The van der Waals surface area contributed by atoms with Crippen LogP contribution >= 0.6 is 11.6 Å². The normalized spacial score (nSPS) is 10.7. The zero-order chi connectivity index (χ0) is 20.9. The summed E-state index contributed by atoms with van der Waals surface area (Å²) in [4.78, 5) is 14.6. The van der Waals surface area contributed by atoms with Crippen LogP contribution in [0, 0.1) is 0 Å². The van der Waals surface area contributed by atoms with Gasteiger partial charge in [0, 0.05) is 32.2 Å². The van der Waals surface area contributed by atoms with Crippen LogP contribution in [0.4, 0.5) is 0 Å². The molecule has 0 aliphatic rings. The fourth-order valence-electron chi connectivity index (χ4n) is 3.03. The first-order chi connectivity index (χ1) is 14.6. The number of hydrogen-bond donors (Lipinski definition) is 0. The molecule has 152 valence electrons. The molecule has 0 atom stereocenters. The van der Waals surface area contributed by atoms with Gasteiger partial charge in [0.1, 0.15) is 11.4 Å². The number of aromatic nitrogens is 4. The molecule has 2 heterocycles. The standard InChI is InChI=1S/C22H20ClN5O2/c1-26(15-17-7-9-18(10-8-17)27-14-4-12-24-27)22(29)20-11-13-25-28(20)16-30-21-6-3-2-5-19(21)23/h2-14H,15-16H2,1H3. The van der Waals surface area contributed by atoms with E-state index in [2.05, 4.69) is 10.2 Å². The number of carbonyl (C=O) groups is 1. The molecule has 0 radical (unpaired) electrons. The van der Waals surface area contributed by atoms with Crippen molar-refractivity contribution in [3.8, 4) is 11.4 Å². The van der Waals surface area contributed by atoms with Gasteiger partial charge in [-0.2, -0.15) is 10.2 Å². The van der Waals surface area contributed by atoms with Gasteiger partial charge in [0.05, 0.1) is 10.7 Å². The summed E-state index contributed by atoms with van der Waals surface area (Å²) >= 11 is 6.12. The minimum atomic E-state index is -0.147. The summed E-state index contributed by atoms with van der Waals surface area (Å²) in [6.07, 6.45) is 5.20. The molecule has 4 rings (SSSR count). The fourth-order valence-corrected chi connectivity index (χ4v) is 3.22. The molecule has 0 aliphatic carbocycles. The zero-order valence-electron chi connectivity index (χ0n) is 16.4. The van der Waals surface area contributed by atoms with Crippen LogP contribution in [0.3, 0.4) is 0 Å². The Balaban J connectivity index is 1.41. The van der Waals surface area contributed by atoms with Crippen molar-refractivity contribution in [3.05, 3.63) is 95.5 Å². The molecule has 0 N–H and O–H groups in total. The molecule has 1 amide bonds. The van der Waals surface area contributed by atoms with Crippen LogP contribution in [0.2, 0.25) is 5.02 Å². The first kappa shape index (κ1) is 19.7. The van der Waals surface area contributed by atoms with E-state index in [0.29, 0.717) is 23.0 Å². The van der Waals surface area contributed by atoms with Gasteiger partial charge in [-0.25, -0.2) is 9.36 Å². The van der Waals surface area contributed by atoms with Gasteiger partial charge in [0.2, 0.25) is 0 Å². The molecule has 2 aromatic heterocycles. The molecule has 7 nitrogen and oxygen atoms in total. The van der Waals surface area contributed by atoms with Crippen LogP contribution in [-0.4, -0.2) is 37.4 Å². The molecule has 0 saturated heterocycles. The topological polar surface area (TPSA) is 65.2 Å². The molecule has 0 unspecified atom stereocenters. The summed E-state index contributed by atoms with van der Waals surface area (Å²) in [7, 11) is 1.76. The van der Waals surface area contributed by atoms with Crippen molar-refractivity contribution in [2.45, 2.75) is 13.3 Å². The second kappa shape index (κ2) is 8.84. The minimum absolute atomic E-state index is 0.0875. The molecule has 30 heavy (non-hydrogen) atoms. The average Bonchev–Trinajstić information content (AvgIpc) is 3.45. The molecule has 2 aromatic carbocycles. The highest BCUT2D eigenvalue weighted by Gasteiger charge is 2.17. The first-order valence-electron chi connectivity index (χ1n) is 9.35. The molecule has 0 aliphatic heterocycles. The quantitative estimate of drug-likeness (QED) is 0.452. The van der Waals surface area contributed by atoms with Crippen molar-refractivity contribution in [2.75, 3.05) is 7.05 Å². The van der Waals surface area contributed by atoms with Crippen LogP contribution in [0.15, 0.2) is 79.3 Å². The summed E-state index contributed by atoms with van der Waals surface area (Å²) in [6.45, 7) is 0.555. The Morgan fingerprint density at radius 3 is 2.57 bits per heavy atom. The molecule has 0 spiro atoms. The van der Waals surface area contributed by atoms with Crippen molar-refractivity contribution < 1.29 is 9.53 Å². The van der Waals surface area contributed by atoms with Crippen LogP contribution < -0.4 is 4.74 Å². The maximum Gasteiger partial charge on any atom is 0.272 e. The van der Waals surface area contributed by atoms with E-state index in [9.17, 15) is 4.79 Å². The monoisotopic (exact) mass is 421 g/mol. The smallest absolute Gasteiger partial charge is 0.272 e. The van der Waals surface area contributed by atoms with Crippen molar-refractivity contribution in [3.63, 3.8) is 0 Å². The Bertz CT molecular complexity index is 1120. The van der Waals surface area contributed by atoms with E-state index in [-0.39, 0.29) is 12.6 Å². The van der Waals surface area contributed by atoms with Crippen molar-refractivity contribution in [2.24, 2.45) is 0 Å². The number of hydrogen-bond acceptors (Lipinski definition) is 4. The lowest BCUT2D eigenvalue weighted by molar-refractivity contribution is 0.0762. The summed E-state index contributed by atoms with van der Waals surface area (Å²) in [5, 5.41) is 8.93. The number of nitrogens with zero attached hydrogens (tertiary/aromatic N) is 5. The Morgan fingerprint density at radius 2 is 1.83 bits per heavy atom. The summed E-state index contributed by atoms with van der Waals surface area (Å²) in [6, 6.07) is 18.6.